The van der Waals surface area contributed by atoms with Crippen molar-refractivity contribution in [1.82, 2.24) is 0 Å². The Morgan fingerprint density at radius 2 is 2.00 bits per heavy atom. The van der Waals surface area contributed by atoms with E-state index in [2.05, 4.69) is 4.74 Å². The molecule has 0 heterocycles. The third-order valence-corrected chi connectivity index (χ3v) is 0.830. The molecule has 4 heteroatoms. The van der Waals surface area contributed by atoms with Gasteiger partial charge in [-0.2, -0.15) is 0 Å². The highest BCUT2D eigenvalue weighted by atomic mass is 16.5. The van der Waals surface area contributed by atoms with E-state index in [1.165, 1.54) is 0 Å². The van der Waals surface area contributed by atoms with E-state index in [0.29, 0.717) is 26.3 Å². The third kappa shape index (κ3) is 22.8. The van der Waals surface area contributed by atoms with Crippen molar-refractivity contribution >= 4 is 6.47 Å². The lowest BCUT2D eigenvalue weighted by molar-refractivity contribution is -0.128. The summed E-state index contributed by atoms with van der Waals surface area (Å²) in [7, 11) is 0. The number of carbonyl (C=O) groups is 1. The molecule has 0 fully saturated rings. The van der Waals surface area contributed by atoms with E-state index in [1.54, 1.807) is 0 Å². The Morgan fingerprint density at radius 3 is 2.17 bits per heavy atom. The summed E-state index contributed by atoms with van der Waals surface area (Å²) in [4.78, 5) is 9.34. The molecule has 0 aromatic carbocycles. The zero-order valence-electron chi connectivity index (χ0n) is 7.78. The van der Waals surface area contributed by atoms with Crippen LogP contribution in [0, 0.1) is 0 Å². The topological polar surface area (TPSA) is 55.8 Å². The van der Waals surface area contributed by atoms with Crippen LogP contribution < -0.4 is 0 Å². The average Bonchev–Trinajstić information content (AvgIpc) is 2.12. The van der Waals surface area contributed by atoms with Crippen LogP contribution in [0.3, 0.4) is 0 Å². The lowest BCUT2D eigenvalue weighted by Gasteiger charge is -1.91. The average molecular weight is 178 g/mol. The number of aliphatic hydroxyl groups excluding tert-OH is 1. The second kappa shape index (κ2) is 16.8. The zero-order chi connectivity index (χ0) is 9.66. The number of ether oxygens (including phenoxy) is 2. The normalized spacial score (nSPS) is 8.25. The van der Waals surface area contributed by atoms with Crippen LogP contribution in [0.15, 0.2) is 0 Å². The van der Waals surface area contributed by atoms with Crippen molar-refractivity contribution in [2.24, 2.45) is 0 Å². The summed E-state index contributed by atoms with van der Waals surface area (Å²) in [5.74, 6) is 0. The molecule has 0 aliphatic heterocycles. The lowest BCUT2D eigenvalue weighted by atomic mass is 10.5. The van der Waals surface area contributed by atoms with Crippen LogP contribution in [-0.4, -0.2) is 38.0 Å². The smallest absolute Gasteiger partial charge is 0.293 e. The minimum Gasteiger partial charge on any atom is -0.468 e. The van der Waals surface area contributed by atoms with E-state index >= 15 is 0 Å². The highest BCUT2D eigenvalue weighted by Crippen LogP contribution is 1.71. The van der Waals surface area contributed by atoms with Gasteiger partial charge in [-0.05, 0) is 13.3 Å². The minimum atomic E-state index is 0.133. The molecular weight excluding hydrogens is 160 g/mol. The van der Waals surface area contributed by atoms with Gasteiger partial charge < -0.3 is 14.6 Å². The molecule has 1 N–H and O–H groups in total. The molecule has 0 spiro atoms. The van der Waals surface area contributed by atoms with Gasteiger partial charge in [0.15, 0.2) is 0 Å². The van der Waals surface area contributed by atoms with Crippen LogP contribution in [0.4, 0.5) is 0 Å². The van der Waals surface area contributed by atoms with Gasteiger partial charge in [0, 0.05) is 6.61 Å². The predicted octanol–water partition coefficient (Wildman–Crippen LogP) is 0.585. The molecule has 0 unspecified atom stereocenters. The molecule has 74 valence electrons. The lowest BCUT2D eigenvalue weighted by Crippen LogP contribution is -1.96. The number of hydrogen-bond donors (Lipinski definition) is 1. The van der Waals surface area contributed by atoms with Gasteiger partial charge in [0.25, 0.3) is 6.47 Å². The van der Waals surface area contributed by atoms with E-state index in [1.807, 2.05) is 13.8 Å². The van der Waals surface area contributed by atoms with E-state index in [0.717, 1.165) is 6.42 Å². The third-order valence-electron chi connectivity index (χ3n) is 0.830. The van der Waals surface area contributed by atoms with Crippen LogP contribution in [0.25, 0.3) is 0 Å². The predicted molar refractivity (Wildman–Crippen MR) is 45.9 cm³/mol. The molecule has 0 radical (unpaired) electrons. The van der Waals surface area contributed by atoms with Crippen LogP contribution >= 0.6 is 0 Å². The summed E-state index contributed by atoms with van der Waals surface area (Å²) >= 11 is 0. The molecule has 0 saturated heterocycles. The van der Waals surface area contributed by atoms with Crippen molar-refractivity contribution in [1.29, 1.82) is 0 Å². The summed E-state index contributed by atoms with van der Waals surface area (Å²) in [5.41, 5.74) is 0. The number of rotatable bonds is 6. The molecule has 0 saturated carbocycles. The molecule has 0 aromatic heterocycles. The second-order valence-corrected chi connectivity index (χ2v) is 1.89. The highest BCUT2D eigenvalue weighted by molar-refractivity contribution is 5.36. The minimum absolute atomic E-state index is 0.133. The fourth-order valence-corrected chi connectivity index (χ4v) is 0.375. The maximum Gasteiger partial charge on any atom is 0.293 e. The van der Waals surface area contributed by atoms with Crippen molar-refractivity contribution in [3.05, 3.63) is 0 Å². The molecule has 4 nitrogen and oxygen atoms in total. The van der Waals surface area contributed by atoms with Crippen molar-refractivity contribution in [2.75, 3.05) is 26.4 Å². The Bertz CT molecular complexity index is 71.5. The summed E-state index contributed by atoms with van der Waals surface area (Å²) < 4.78 is 9.03. The van der Waals surface area contributed by atoms with E-state index in [9.17, 15) is 4.79 Å². The number of carbonyl (C=O) groups excluding carboxylic acids is 1. The Balaban J connectivity index is 0. The van der Waals surface area contributed by atoms with Gasteiger partial charge in [-0.15, -0.1) is 0 Å². The molecule has 0 aliphatic carbocycles. The van der Waals surface area contributed by atoms with Crippen LogP contribution in [0.2, 0.25) is 0 Å². The van der Waals surface area contributed by atoms with E-state index in [-0.39, 0.29) is 6.61 Å². The largest absolute Gasteiger partial charge is 0.468 e. The monoisotopic (exact) mass is 178 g/mol. The summed E-state index contributed by atoms with van der Waals surface area (Å²) in [6.07, 6.45) is 0.902. The Morgan fingerprint density at radius 1 is 1.33 bits per heavy atom. The van der Waals surface area contributed by atoms with Crippen LogP contribution in [0.5, 0.6) is 0 Å². The summed E-state index contributed by atoms with van der Waals surface area (Å²) in [5, 5.41) is 8.07. The Kier molecular flexibility index (Phi) is 19.5. The maximum absolute atomic E-state index is 9.34. The van der Waals surface area contributed by atoms with E-state index < -0.39 is 0 Å². The first-order valence-corrected chi connectivity index (χ1v) is 4.07. The molecule has 0 aliphatic rings. The first kappa shape index (κ1) is 13.9. The fourth-order valence-electron chi connectivity index (χ4n) is 0.375. The Hall–Kier alpha value is -0.610. The van der Waals surface area contributed by atoms with Crippen molar-refractivity contribution in [2.45, 2.75) is 20.3 Å². The van der Waals surface area contributed by atoms with Crippen molar-refractivity contribution in [3.8, 4) is 0 Å². The van der Waals surface area contributed by atoms with Gasteiger partial charge in [0.1, 0.15) is 0 Å². The van der Waals surface area contributed by atoms with Crippen LogP contribution in [-0.2, 0) is 14.3 Å². The van der Waals surface area contributed by atoms with Gasteiger partial charge in [-0.1, -0.05) is 6.92 Å². The first-order valence-electron chi connectivity index (χ1n) is 4.07. The molecule has 0 rings (SSSR count). The fraction of sp³-hybridized carbons (Fsp3) is 0.875. The van der Waals surface area contributed by atoms with Crippen LogP contribution in [0.1, 0.15) is 20.3 Å². The van der Waals surface area contributed by atoms with Crippen molar-refractivity contribution in [3.63, 3.8) is 0 Å². The molecule has 0 amide bonds. The van der Waals surface area contributed by atoms with Gasteiger partial charge in [-0.3, -0.25) is 4.79 Å². The zero-order valence-corrected chi connectivity index (χ0v) is 7.78. The maximum atomic E-state index is 9.34. The Labute approximate surface area is 73.5 Å². The standard InChI is InChI=1S/C4H10O2.C4H8O2/c1-2-6-4-3-5;1-2-3-6-4-5/h5H,2-4H2,1H3;4H,2-3H2,1H3. The summed E-state index contributed by atoms with van der Waals surface area (Å²) in [6, 6.07) is 0. The molecule has 0 atom stereocenters. The van der Waals surface area contributed by atoms with Gasteiger partial charge in [0.05, 0.1) is 19.8 Å². The van der Waals surface area contributed by atoms with E-state index in [4.69, 9.17) is 9.84 Å². The van der Waals surface area contributed by atoms with Gasteiger partial charge in [0.2, 0.25) is 0 Å². The number of hydrogen-bond acceptors (Lipinski definition) is 4. The molecule has 12 heavy (non-hydrogen) atoms. The molecule has 0 bridgehead atoms. The quantitative estimate of drug-likeness (QED) is 0.477. The van der Waals surface area contributed by atoms with Gasteiger partial charge >= 0.3 is 0 Å². The summed E-state index contributed by atoms with van der Waals surface area (Å²) in [6.45, 7) is 6.15. The molecular formula is C8H18O4. The first-order chi connectivity index (χ1) is 5.83. The second-order valence-electron chi connectivity index (χ2n) is 1.89. The SMILES string of the molecule is CCCOC=O.CCOCCO. The van der Waals surface area contributed by atoms with Gasteiger partial charge in [-0.25, -0.2) is 0 Å². The molecule has 0 aromatic rings. The number of aliphatic hydroxyl groups is 1. The van der Waals surface area contributed by atoms with Crippen molar-refractivity contribution < 1.29 is 19.4 Å². The highest BCUT2D eigenvalue weighted by Gasteiger charge is 1.73.